The Morgan fingerprint density at radius 3 is 2.48 bits per heavy atom. The topological polar surface area (TPSA) is 97.5 Å². The van der Waals surface area contributed by atoms with Crippen LogP contribution >= 0.6 is 0 Å². The Kier molecular flexibility index (Phi) is 4.66. The molecular weight excluding hydrogens is 274 g/mol. The fraction of sp³-hybridized carbons (Fsp3) is 0.357. The normalized spacial score (nSPS) is 10.9. The fourth-order valence-corrected chi connectivity index (χ4v) is 1.93. The standard InChI is InChI=1S/C14H17N3O4/c1-3-9-5-7-10(8-6-9)17-12(13(18)19)11(15-16-17)14(20)21-4-2/h5-8,13,18-19H,3-4H2,1-2H3. The predicted octanol–water partition coefficient (Wildman–Crippen LogP) is 0.990. The van der Waals surface area contributed by atoms with E-state index in [1.165, 1.54) is 4.68 Å². The van der Waals surface area contributed by atoms with Crippen LogP contribution in [0.15, 0.2) is 24.3 Å². The number of hydrogen-bond acceptors (Lipinski definition) is 6. The Hall–Kier alpha value is -2.25. The number of carbonyl (C=O) groups excluding carboxylic acids is 1. The van der Waals surface area contributed by atoms with Crippen LogP contribution in [0.2, 0.25) is 0 Å². The van der Waals surface area contributed by atoms with Gasteiger partial charge in [-0.25, -0.2) is 9.48 Å². The number of benzene rings is 1. The molecule has 0 atom stereocenters. The smallest absolute Gasteiger partial charge is 0.361 e. The Morgan fingerprint density at radius 2 is 1.95 bits per heavy atom. The summed E-state index contributed by atoms with van der Waals surface area (Å²) in [6.07, 6.45) is -0.994. The number of esters is 1. The lowest BCUT2D eigenvalue weighted by molar-refractivity contribution is -0.0484. The first-order chi connectivity index (χ1) is 10.1. The van der Waals surface area contributed by atoms with E-state index in [0.717, 1.165) is 12.0 Å². The maximum atomic E-state index is 11.8. The van der Waals surface area contributed by atoms with Gasteiger partial charge in [0.1, 0.15) is 5.69 Å². The molecule has 0 amide bonds. The third-order valence-electron chi connectivity index (χ3n) is 3.01. The van der Waals surface area contributed by atoms with Crippen molar-refractivity contribution in [2.75, 3.05) is 6.61 Å². The number of ether oxygens (including phenoxy) is 1. The van der Waals surface area contributed by atoms with Gasteiger partial charge in [-0.2, -0.15) is 0 Å². The molecule has 1 aromatic heterocycles. The highest BCUT2D eigenvalue weighted by molar-refractivity contribution is 5.88. The maximum absolute atomic E-state index is 11.8. The van der Waals surface area contributed by atoms with E-state index >= 15 is 0 Å². The van der Waals surface area contributed by atoms with Crippen molar-refractivity contribution in [3.05, 3.63) is 41.2 Å². The summed E-state index contributed by atoms with van der Waals surface area (Å²) in [7, 11) is 0. The number of aliphatic hydroxyl groups is 2. The lowest BCUT2D eigenvalue weighted by Crippen LogP contribution is -2.13. The second-order valence-corrected chi connectivity index (χ2v) is 4.35. The minimum atomic E-state index is -1.88. The fourth-order valence-electron chi connectivity index (χ4n) is 1.93. The average Bonchev–Trinajstić information content (AvgIpc) is 2.92. The largest absolute Gasteiger partial charge is 0.461 e. The predicted molar refractivity (Wildman–Crippen MR) is 73.9 cm³/mol. The number of aryl methyl sites for hydroxylation is 1. The summed E-state index contributed by atoms with van der Waals surface area (Å²) in [6, 6.07) is 7.34. The average molecular weight is 291 g/mol. The number of nitrogens with zero attached hydrogens (tertiary/aromatic N) is 3. The lowest BCUT2D eigenvalue weighted by atomic mass is 10.1. The number of aliphatic hydroxyl groups excluding tert-OH is 1. The molecule has 21 heavy (non-hydrogen) atoms. The van der Waals surface area contributed by atoms with Crippen molar-refractivity contribution >= 4 is 5.97 Å². The Balaban J connectivity index is 2.45. The molecule has 0 radical (unpaired) electrons. The molecule has 0 spiro atoms. The molecule has 0 saturated carbocycles. The minimum Gasteiger partial charge on any atom is -0.461 e. The van der Waals surface area contributed by atoms with E-state index < -0.39 is 12.3 Å². The van der Waals surface area contributed by atoms with Crippen LogP contribution in [-0.4, -0.2) is 37.8 Å². The molecular formula is C14H17N3O4. The molecule has 0 fully saturated rings. The SMILES string of the molecule is CCOC(=O)c1nnn(-c2ccc(CC)cc2)c1C(O)O. The molecule has 2 N–H and O–H groups in total. The van der Waals surface area contributed by atoms with E-state index in [-0.39, 0.29) is 18.0 Å². The van der Waals surface area contributed by atoms with Gasteiger partial charge in [0.05, 0.1) is 12.3 Å². The third-order valence-corrected chi connectivity index (χ3v) is 3.01. The molecule has 1 aromatic carbocycles. The summed E-state index contributed by atoms with van der Waals surface area (Å²) in [5.41, 5.74) is 1.40. The van der Waals surface area contributed by atoms with Gasteiger partial charge in [-0.15, -0.1) is 5.10 Å². The molecule has 7 heteroatoms. The van der Waals surface area contributed by atoms with E-state index in [4.69, 9.17) is 4.74 Å². The van der Waals surface area contributed by atoms with Crippen molar-refractivity contribution < 1.29 is 19.7 Å². The molecule has 0 aliphatic heterocycles. The summed E-state index contributed by atoms with van der Waals surface area (Å²) >= 11 is 0. The Morgan fingerprint density at radius 1 is 1.29 bits per heavy atom. The monoisotopic (exact) mass is 291 g/mol. The maximum Gasteiger partial charge on any atom is 0.361 e. The molecule has 0 aliphatic rings. The van der Waals surface area contributed by atoms with Crippen molar-refractivity contribution in [3.8, 4) is 5.69 Å². The van der Waals surface area contributed by atoms with Crippen LogP contribution in [0, 0.1) is 0 Å². The Labute approximate surface area is 121 Å². The Bertz CT molecular complexity index is 620. The molecule has 0 aliphatic carbocycles. The van der Waals surface area contributed by atoms with Crippen LogP contribution in [0.3, 0.4) is 0 Å². The first-order valence-corrected chi connectivity index (χ1v) is 6.66. The molecule has 112 valence electrons. The molecule has 0 saturated heterocycles. The quantitative estimate of drug-likeness (QED) is 0.630. The number of aromatic nitrogens is 3. The van der Waals surface area contributed by atoms with E-state index in [2.05, 4.69) is 10.3 Å². The van der Waals surface area contributed by atoms with Gasteiger partial charge >= 0.3 is 5.97 Å². The van der Waals surface area contributed by atoms with Gasteiger partial charge in [-0.3, -0.25) is 0 Å². The van der Waals surface area contributed by atoms with Gasteiger partial charge in [0.25, 0.3) is 0 Å². The number of carbonyl (C=O) groups is 1. The summed E-state index contributed by atoms with van der Waals surface area (Å²) < 4.78 is 6.05. The van der Waals surface area contributed by atoms with Gasteiger partial charge in [-0.05, 0) is 31.0 Å². The van der Waals surface area contributed by atoms with E-state index in [1.807, 2.05) is 19.1 Å². The van der Waals surface area contributed by atoms with Crippen LogP contribution in [0.25, 0.3) is 5.69 Å². The highest BCUT2D eigenvalue weighted by Crippen LogP contribution is 2.20. The van der Waals surface area contributed by atoms with E-state index in [9.17, 15) is 15.0 Å². The van der Waals surface area contributed by atoms with Crippen LogP contribution in [0.4, 0.5) is 0 Å². The first-order valence-electron chi connectivity index (χ1n) is 6.66. The molecule has 2 aromatic rings. The second kappa shape index (κ2) is 6.47. The summed E-state index contributed by atoms with van der Waals surface area (Å²) in [5.74, 6) is -0.739. The number of rotatable bonds is 5. The van der Waals surface area contributed by atoms with Gasteiger partial charge in [0.15, 0.2) is 12.0 Å². The van der Waals surface area contributed by atoms with Crippen LogP contribution in [0.5, 0.6) is 0 Å². The highest BCUT2D eigenvalue weighted by Gasteiger charge is 2.26. The van der Waals surface area contributed by atoms with Crippen LogP contribution in [-0.2, 0) is 11.2 Å². The third kappa shape index (κ3) is 3.09. The zero-order valence-corrected chi connectivity index (χ0v) is 11.9. The van der Waals surface area contributed by atoms with E-state index in [1.54, 1.807) is 19.1 Å². The van der Waals surface area contributed by atoms with Crippen LogP contribution < -0.4 is 0 Å². The van der Waals surface area contributed by atoms with E-state index in [0.29, 0.717) is 5.69 Å². The molecule has 0 bridgehead atoms. The highest BCUT2D eigenvalue weighted by atomic mass is 16.5. The molecule has 0 unspecified atom stereocenters. The van der Waals surface area contributed by atoms with Gasteiger partial charge in [-0.1, -0.05) is 24.3 Å². The summed E-state index contributed by atoms with van der Waals surface area (Å²) in [6.45, 7) is 3.85. The van der Waals surface area contributed by atoms with Crippen molar-refractivity contribution in [1.82, 2.24) is 15.0 Å². The summed E-state index contributed by atoms with van der Waals surface area (Å²) in [5, 5.41) is 26.5. The number of hydrogen-bond donors (Lipinski definition) is 2. The van der Waals surface area contributed by atoms with Crippen molar-refractivity contribution in [2.45, 2.75) is 26.6 Å². The molecule has 2 rings (SSSR count). The zero-order valence-electron chi connectivity index (χ0n) is 11.9. The van der Waals surface area contributed by atoms with Crippen molar-refractivity contribution in [1.29, 1.82) is 0 Å². The van der Waals surface area contributed by atoms with Crippen LogP contribution in [0.1, 0.15) is 41.9 Å². The van der Waals surface area contributed by atoms with Crippen molar-refractivity contribution in [2.24, 2.45) is 0 Å². The van der Waals surface area contributed by atoms with Gasteiger partial charge in [0.2, 0.25) is 0 Å². The second-order valence-electron chi connectivity index (χ2n) is 4.35. The minimum absolute atomic E-state index is 0.113. The molecule has 7 nitrogen and oxygen atoms in total. The van der Waals surface area contributed by atoms with Gasteiger partial charge < -0.3 is 14.9 Å². The lowest BCUT2D eigenvalue weighted by Gasteiger charge is -2.09. The molecule has 1 heterocycles. The first kappa shape index (κ1) is 15.1. The van der Waals surface area contributed by atoms with Gasteiger partial charge in [0, 0.05) is 0 Å². The van der Waals surface area contributed by atoms with Crippen molar-refractivity contribution in [3.63, 3.8) is 0 Å². The summed E-state index contributed by atoms with van der Waals surface area (Å²) in [4.78, 5) is 11.8. The zero-order chi connectivity index (χ0) is 15.4.